The summed E-state index contributed by atoms with van der Waals surface area (Å²) >= 11 is 0. The lowest BCUT2D eigenvalue weighted by Crippen LogP contribution is -2.26. The molecule has 2 rings (SSSR count). The molecule has 0 fully saturated rings. The number of nitriles is 2. The SMILES string of the molecule is N#Cc1cccc(OC(c2ccccc2)C(F)(F)F)c1C#N. The second-order valence-electron chi connectivity index (χ2n) is 4.35. The molecule has 0 spiro atoms. The molecule has 2 aromatic carbocycles. The van der Waals surface area contributed by atoms with Gasteiger partial charge < -0.3 is 4.74 Å². The third-order valence-corrected chi connectivity index (χ3v) is 2.90. The zero-order valence-electron chi connectivity index (χ0n) is 11.1. The molecule has 0 bridgehead atoms. The first-order valence-electron chi connectivity index (χ1n) is 6.19. The summed E-state index contributed by atoms with van der Waals surface area (Å²) in [5, 5.41) is 18.0. The Bertz CT molecular complexity index is 743. The van der Waals surface area contributed by atoms with Gasteiger partial charge in [-0.1, -0.05) is 36.4 Å². The molecule has 1 atom stereocenters. The van der Waals surface area contributed by atoms with E-state index in [1.54, 1.807) is 18.2 Å². The van der Waals surface area contributed by atoms with E-state index >= 15 is 0 Å². The summed E-state index contributed by atoms with van der Waals surface area (Å²) in [5.41, 5.74) is -0.328. The summed E-state index contributed by atoms with van der Waals surface area (Å²) in [6, 6.07) is 14.5. The summed E-state index contributed by atoms with van der Waals surface area (Å²) in [7, 11) is 0. The molecule has 6 heteroatoms. The molecule has 0 N–H and O–H groups in total. The molecule has 0 amide bonds. The molecule has 0 saturated heterocycles. The van der Waals surface area contributed by atoms with Crippen LogP contribution in [0.5, 0.6) is 5.75 Å². The molecule has 3 nitrogen and oxygen atoms in total. The van der Waals surface area contributed by atoms with E-state index in [2.05, 4.69) is 0 Å². The van der Waals surface area contributed by atoms with Gasteiger partial charge in [0, 0.05) is 5.56 Å². The lowest BCUT2D eigenvalue weighted by Gasteiger charge is -2.22. The van der Waals surface area contributed by atoms with Crippen molar-refractivity contribution in [3.8, 4) is 17.9 Å². The van der Waals surface area contributed by atoms with Crippen LogP contribution < -0.4 is 4.74 Å². The molecule has 0 aliphatic heterocycles. The lowest BCUT2D eigenvalue weighted by molar-refractivity contribution is -0.198. The van der Waals surface area contributed by atoms with Gasteiger partial charge in [0.05, 0.1) is 5.56 Å². The molecule has 0 heterocycles. The van der Waals surface area contributed by atoms with Crippen molar-refractivity contribution in [3.05, 3.63) is 65.2 Å². The normalized spacial score (nSPS) is 12.0. The molecule has 1 unspecified atom stereocenters. The third-order valence-electron chi connectivity index (χ3n) is 2.90. The molecular weight excluding hydrogens is 293 g/mol. The second-order valence-corrected chi connectivity index (χ2v) is 4.35. The van der Waals surface area contributed by atoms with Crippen molar-refractivity contribution in [2.45, 2.75) is 12.3 Å². The van der Waals surface area contributed by atoms with Crippen molar-refractivity contribution in [1.82, 2.24) is 0 Å². The van der Waals surface area contributed by atoms with E-state index in [1.165, 1.54) is 42.5 Å². The van der Waals surface area contributed by atoms with Crippen LogP contribution in [0.3, 0.4) is 0 Å². The van der Waals surface area contributed by atoms with Gasteiger partial charge in [0.2, 0.25) is 6.10 Å². The topological polar surface area (TPSA) is 56.8 Å². The smallest absolute Gasteiger partial charge is 0.429 e. The van der Waals surface area contributed by atoms with E-state index in [9.17, 15) is 13.2 Å². The number of rotatable bonds is 3. The molecule has 0 aliphatic rings. The quantitative estimate of drug-likeness (QED) is 0.857. The average Bonchev–Trinajstić information content (AvgIpc) is 2.51. The molecule has 110 valence electrons. The van der Waals surface area contributed by atoms with Gasteiger partial charge >= 0.3 is 6.18 Å². The van der Waals surface area contributed by atoms with Crippen LogP contribution in [-0.4, -0.2) is 6.18 Å². The minimum absolute atomic E-state index is 0.0333. The van der Waals surface area contributed by atoms with Crippen LogP contribution in [0.25, 0.3) is 0 Å². The Kier molecular flexibility index (Phi) is 4.33. The first kappa shape index (κ1) is 15.4. The first-order chi connectivity index (χ1) is 10.5. The van der Waals surface area contributed by atoms with E-state index in [0.717, 1.165) is 0 Å². The maximum atomic E-state index is 13.2. The van der Waals surface area contributed by atoms with E-state index < -0.39 is 12.3 Å². The zero-order chi connectivity index (χ0) is 16.2. The van der Waals surface area contributed by atoms with Gasteiger partial charge in [-0.15, -0.1) is 0 Å². The van der Waals surface area contributed by atoms with Crippen LogP contribution in [0.1, 0.15) is 22.8 Å². The average molecular weight is 302 g/mol. The molecule has 0 aliphatic carbocycles. The molecule has 22 heavy (non-hydrogen) atoms. The lowest BCUT2D eigenvalue weighted by atomic mass is 10.1. The van der Waals surface area contributed by atoms with Crippen LogP contribution in [0.15, 0.2) is 48.5 Å². The van der Waals surface area contributed by atoms with Crippen molar-refractivity contribution >= 4 is 0 Å². The third kappa shape index (κ3) is 3.18. The van der Waals surface area contributed by atoms with Crippen molar-refractivity contribution in [3.63, 3.8) is 0 Å². The standard InChI is InChI=1S/C16H9F3N2O/c17-16(18,19)15(11-5-2-1-3-6-11)22-14-8-4-7-12(9-20)13(14)10-21/h1-8,15H. The number of halogens is 3. The van der Waals surface area contributed by atoms with E-state index in [0.29, 0.717) is 0 Å². The Morgan fingerprint density at radius 1 is 0.909 bits per heavy atom. The fourth-order valence-electron chi connectivity index (χ4n) is 1.92. The van der Waals surface area contributed by atoms with Gasteiger partial charge in [-0.2, -0.15) is 23.7 Å². The van der Waals surface area contributed by atoms with Gasteiger partial charge in [0.25, 0.3) is 0 Å². The van der Waals surface area contributed by atoms with E-state index in [-0.39, 0.29) is 22.4 Å². The van der Waals surface area contributed by atoms with Crippen LogP contribution in [0.2, 0.25) is 0 Å². The monoisotopic (exact) mass is 302 g/mol. The summed E-state index contributed by atoms with van der Waals surface area (Å²) in [6.45, 7) is 0. The van der Waals surface area contributed by atoms with Crippen LogP contribution in [0, 0.1) is 22.7 Å². The van der Waals surface area contributed by atoms with Gasteiger partial charge in [-0.05, 0) is 12.1 Å². The molecule has 0 aromatic heterocycles. The van der Waals surface area contributed by atoms with Crippen LogP contribution in [0.4, 0.5) is 13.2 Å². The Hall–Kier alpha value is -2.99. The molecular formula is C16H9F3N2O. The van der Waals surface area contributed by atoms with Crippen molar-refractivity contribution in [1.29, 1.82) is 10.5 Å². The Labute approximate surface area is 124 Å². The summed E-state index contributed by atoms with van der Waals surface area (Å²) in [4.78, 5) is 0. The Balaban J connectivity index is 2.47. The van der Waals surface area contributed by atoms with Crippen molar-refractivity contribution in [2.24, 2.45) is 0 Å². The highest BCUT2D eigenvalue weighted by atomic mass is 19.4. The van der Waals surface area contributed by atoms with Crippen LogP contribution in [-0.2, 0) is 0 Å². The Morgan fingerprint density at radius 3 is 2.14 bits per heavy atom. The second kappa shape index (κ2) is 6.19. The fraction of sp³-hybridized carbons (Fsp3) is 0.125. The van der Waals surface area contributed by atoms with Gasteiger partial charge in [-0.25, -0.2) is 0 Å². The molecule has 2 aromatic rings. The largest absolute Gasteiger partial charge is 0.475 e. The maximum absolute atomic E-state index is 13.2. The highest BCUT2D eigenvalue weighted by Gasteiger charge is 2.43. The van der Waals surface area contributed by atoms with Gasteiger partial charge in [-0.3, -0.25) is 0 Å². The molecule has 0 radical (unpaired) electrons. The summed E-state index contributed by atoms with van der Waals surface area (Å²) < 4.78 is 44.7. The number of benzene rings is 2. The predicted molar refractivity (Wildman–Crippen MR) is 71.7 cm³/mol. The van der Waals surface area contributed by atoms with Crippen LogP contribution >= 0.6 is 0 Å². The fourth-order valence-corrected chi connectivity index (χ4v) is 1.92. The van der Waals surface area contributed by atoms with Gasteiger partial charge in [0.15, 0.2) is 0 Å². The molecule has 0 saturated carbocycles. The van der Waals surface area contributed by atoms with E-state index in [4.69, 9.17) is 15.3 Å². The Morgan fingerprint density at radius 2 is 1.59 bits per heavy atom. The maximum Gasteiger partial charge on any atom is 0.429 e. The summed E-state index contributed by atoms with van der Waals surface area (Å²) in [5.74, 6) is -0.271. The minimum Gasteiger partial charge on any atom is -0.475 e. The predicted octanol–water partition coefficient (Wildman–Crippen LogP) is 4.11. The minimum atomic E-state index is -4.66. The number of alkyl halides is 3. The van der Waals surface area contributed by atoms with E-state index in [1.807, 2.05) is 0 Å². The van der Waals surface area contributed by atoms with Crippen molar-refractivity contribution in [2.75, 3.05) is 0 Å². The highest BCUT2D eigenvalue weighted by molar-refractivity contribution is 5.54. The number of nitrogens with zero attached hydrogens (tertiary/aromatic N) is 2. The number of hydrogen-bond donors (Lipinski definition) is 0. The highest BCUT2D eigenvalue weighted by Crippen LogP contribution is 2.38. The first-order valence-corrected chi connectivity index (χ1v) is 6.19. The van der Waals surface area contributed by atoms with Gasteiger partial charge in [0.1, 0.15) is 23.5 Å². The number of ether oxygens (including phenoxy) is 1. The summed E-state index contributed by atoms with van der Waals surface area (Å²) in [6.07, 6.45) is -6.87. The number of hydrogen-bond acceptors (Lipinski definition) is 3. The zero-order valence-corrected chi connectivity index (χ0v) is 11.1. The van der Waals surface area contributed by atoms with Crippen molar-refractivity contribution < 1.29 is 17.9 Å².